The van der Waals surface area contributed by atoms with Crippen LogP contribution in [0.15, 0.2) is 28.7 Å². The molecule has 1 saturated heterocycles. The van der Waals surface area contributed by atoms with E-state index >= 15 is 0 Å². The minimum Gasteiger partial charge on any atom is -0.495 e. The van der Waals surface area contributed by atoms with E-state index in [4.69, 9.17) is 9.15 Å². The number of methoxy groups -OCH3 is 1. The highest BCUT2D eigenvalue weighted by Gasteiger charge is 2.24. The summed E-state index contributed by atoms with van der Waals surface area (Å²) in [6, 6.07) is 7.98. The molecule has 2 aromatic rings. The molecular weight excluding hydrogens is 306 g/mol. The number of nitrogens with zero attached hydrogens (tertiary/aromatic N) is 3. The lowest BCUT2D eigenvalue weighted by Gasteiger charge is -2.36. The van der Waals surface area contributed by atoms with Gasteiger partial charge in [-0.05, 0) is 19.1 Å². The molecule has 1 fully saturated rings. The molecule has 1 aliphatic heterocycles. The van der Waals surface area contributed by atoms with E-state index in [1.54, 1.807) is 14.0 Å². The highest BCUT2D eigenvalue weighted by atomic mass is 16.5. The van der Waals surface area contributed by atoms with Crippen molar-refractivity contribution in [2.45, 2.75) is 20.3 Å². The Bertz CT molecular complexity index is 718. The fourth-order valence-corrected chi connectivity index (χ4v) is 3.07. The van der Waals surface area contributed by atoms with Gasteiger partial charge in [-0.3, -0.25) is 4.79 Å². The van der Waals surface area contributed by atoms with Crippen molar-refractivity contribution in [2.75, 3.05) is 38.2 Å². The largest absolute Gasteiger partial charge is 0.495 e. The van der Waals surface area contributed by atoms with Crippen molar-refractivity contribution in [2.24, 2.45) is 0 Å². The zero-order chi connectivity index (χ0) is 17.1. The molecule has 1 amide bonds. The van der Waals surface area contributed by atoms with Gasteiger partial charge in [0.05, 0.1) is 24.9 Å². The maximum Gasteiger partial charge on any atom is 0.230 e. The number of carbonyl (C=O) groups is 1. The van der Waals surface area contributed by atoms with Crippen molar-refractivity contribution in [1.29, 1.82) is 0 Å². The molecule has 24 heavy (non-hydrogen) atoms. The van der Waals surface area contributed by atoms with Gasteiger partial charge in [0, 0.05) is 33.1 Å². The molecule has 3 rings (SSSR count). The first-order valence-corrected chi connectivity index (χ1v) is 8.17. The molecule has 0 spiro atoms. The van der Waals surface area contributed by atoms with Gasteiger partial charge in [0.25, 0.3) is 0 Å². The van der Waals surface area contributed by atoms with Crippen LogP contribution in [0.3, 0.4) is 0 Å². The van der Waals surface area contributed by atoms with Crippen LogP contribution in [0.4, 0.5) is 5.69 Å². The van der Waals surface area contributed by atoms with Gasteiger partial charge in [-0.1, -0.05) is 12.1 Å². The van der Waals surface area contributed by atoms with E-state index in [-0.39, 0.29) is 12.3 Å². The number of anilines is 1. The van der Waals surface area contributed by atoms with Crippen LogP contribution in [0, 0.1) is 13.8 Å². The minimum absolute atomic E-state index is 0.0916. The Morgan fingerprint density at radius 3 is 2.54 bits per heavy atom. The molecule has 0 radical (unpaired) electrons. The van der Waals surface area contributed by atoms with Crippen LogP contribution in [0.5, 0.6) is 5.75 Å². The van der Waals surface area contributed by atoms with E-state index in [0.29, 0.717) is 24.7 Å². The maximum absolute atomic E-state index is 12.5. The maximum atomic E-state index is 12.5. The number of aryl methyl sites for hydroxylation is 2. The Labute approximate surface area is 142 Å². The summed E-state index contributed by atoms with van der Waals surface area (Å²) in [5, 5.41) is 0. The second-order valence-corrected chi connectivity index (χ2v) is 5.96. The van der Waals surface area contributed by atoms with Crippen molar-refractivity contribution in [3.05, 3.63) is 41.6 Å². The fourth-order valence-electron chi connectivity index (χ4n) is 3.07. The first-order chi connectivity index (χ1) is 11.6. The first kappa shape index (κ1) is 16.4. The van der Waals surface area contributed by atoms with Gasteiger partial charge in [-0.2, -0.15) is 0 Å². The van der Waals surface area contributed by atoms with Crippen molar-refractivity contribution in [3.63, 3.8) is 0 Å². The van der Waals surface area contributed by atoms with Crippen LogP contribution in [0.2, 0.25) is 0 Å². The summed E-state index contributed by atoms with van der Waals surface area (Å²) in [7, 11) is 1.68. The van der Waals surface area contributed by atoms with Crippen LogP contribution < -0.4 is 9.64 Å². The highest BCUT2D eigenvalue weighted by molar-refractivity contribution is 5.78. The van der Waals surface area contributed by atoms with Gasteiger partial charge >= 0.3 is 0 Å². The highest BCUT2D eigenvalue weighted by Crippen LogP contribution is 2.28. The Kier molecular flexibility index (Phi) is 4.74. The zero-order valence-corrected chi connectivity index (χ0v) is 14.4. The molecule has 0 atom stereocenters. The molecule has 0 saturated carbocycles. The van der Waals surface area contributed by atoms with E-state index in [9.17, 15) is 4.79 Å². The fraction of sp³-hybridized carbons (Fsp3) is 0.444. The molecule has 6 nitrogen and oxygen atoms in total. The third-order valence-electron chi connectivity index (χ3n) is 4.37. The Morgan fingerprint density at radius 2 is 1.92 bits per heavy atom. The Balaban J connectivity index is 1.60. The molecule has 2 heterocycles. The third-order valence-corrected chi connectivity index (χ3v) is 4.37. The van der Waals surface area contributed by atoms with Crippen molar-refractivity contribution in [3.8, 4) is 5.75 Å². The van der Waals surface area contributed by atoms with Gasteiger partial charge < -0.3 is 19.0 Å². The number of amides is 1. The van der Waals surface area contributed by atoms with Crippen LogP contribution in [0.25, 0.3) is 0 Å². The van der Waals surface area contributed by atoms with Gasteiger partial charge in [0.2, 0.25) is 5.91 Å². The van der Waals surface area contributed by atoms with Crippen LogP contribution in [-0.2, 0) is 11.2 Å². The standard InChI is InChI=1S/C18H23N3O3/c1-13-17(24-14(2)19-13)12-18(22)21-10-8-20(9-11-21)15-6-4-5-7-16(15)23-3/h4-7H,8-12H2,1-3H3. The molecular formula is C18H23N3O3. The summed E-state index contributed by atoms with van der Waals surface area (Å²) in [5.41, 5.74) is 1.88. The minimum atomic E-state index is 0.0916. The average molecular weight is 329 g/mol. The summed E-state index contributed by atoms with van der Waals surface area (Å²) in [6.45, 7) is 6.65. The summed E-state index contributed by atoms with van der Waals surface area (Å²) in [6.07, 6.45) is 0.279. The summed E-state index contributed by atoms with van der Waals surface area (Å²) >= 11 is 0. The Hall–Kier alpha value is -2.50. The topological polar surface area (TPSA) is 58.8 Å². The Morgan fingerprint density at radius 1 is 1.21 bits per heavy atom. The zero-order valence-electron chi connectivity index (χ0n) is 14.4. The monoisotopic (exact) mass is 329 g/mol. The number of benzene rings is 1. The molecule has 1 aliphatic rings. The van der Waals surface area contributed by atoms with Gasteiger partial charge in [-0.15, -0.1) is 0 Å². The van der Waals surface area contributed by atoms with Crippen molar-refractivity contribution >= 4 is 11.6 Å². The lowest BCUT2D eigenvalue weighted by molar-refractivity contribution is -0.131. The van der Waals surface area contributed by atoms with E-state index in [0.717, 1.165) is 30.2 Å². The number of oxazole rings is 1. The average Bonchev–Trinajstić information content (AvgIpc) is 2.92. The smallest absolute Gasteiger partial charge is 0.230 e. The van der Waals surface area contributed by atoms with Gasteiger partial charge in [0.15, 0.2) is 5.89 Å². The SMILES string of the molecule is COc1ccccc1N1CCN(C(=O)Cc2oc(C)nc2C)CC1. The van der Waals surface area contributed by atoms with Crippen molar-refractivity contribution in [1.82, 2.24) is 9.88 Å². The number of rotatable bonds is 4. The van der Waals surface area contributed by atoms with E-state index < -0.39 is 0 Å². The summed E-state index contributed by atoms with van der Waals surface area (Å²) in [5.74, 6) is 2.24. The van der Waals surface area contributed by atoms with Crippen LogP contribution in [-0.4, -0.2) is 49.1 Å². The molecule has 1 aromatic carbocycles. The number of carbonyl (C=O) groups excluding carboxylic acids is 1. The number of aromatic nitrogens is 1. The third kappa shape index (κ3) is 3.37. The molecule has 128 valence electrons. The van der Waals surface area contributed by atoms with Crippen LogP contribution >= 0.6 is 0 Å². The summed E-state index contributed by atoms with van der Waals surface area (Å²) in [4.78, 5) is 20.9. The van der Waals surface area contributed by atoms with Crippen molar-refractivity contribution < 1.29 is 13.9 Å². The van der Waals surface area contributed by atoms with E-state index in [1.165, 1.54) is 0 Å². The predicted molar refractivity (Wildman–Crippen MR) is 91.5 cm³/mol. The van der Waals surface area contributed by atoms with Gasteiger partial charge in [-0.25, -0.2) is 4.98 Å². The lowest BCUT2D eigenvalue weighted by atomic mass is 10.2. The molecule has 0 N–H and O–H groups in total. The van der Waals surface area contributed by atoms with E-state index in [2.05, 4.69) is 16.0 Å². The second-order valence-electron chi connectivity index (χ2n) is 5.96. The lowest BCUT2D eigenvalue weighted by Crippen LogP contribution is -2.49. The normalized spacial score (nSPS) is 14.8. The summed E-state index contributed by atoms with van der Waals surface area (Å²) < 4.78 is 10.9. The molecule has 0 bridgehead atoms. The first-order valence-electron chi connectivity index (χ1n) is 8.17. The van der Waals surface area contributed by atoms with Gasteiger partial charge in [0.1, 0.15) is 11.5 Å². The number of hydrogen-bond donors (Lipinski definition) is 0. The quantitative estimate of drug-likeness (QED) is 0.860. The molecule has 0 aliphatic carbocycles. The number of ether oxygens (including phenoxy) is 1. The predicted octanol–water partition coefficient (Wildman–Crippen LogP) is 2.19. The number of piperazine rings is 1. The molecule has 0 unspecified atom stereocenters. The van der Waals surface area contributed by atoms with Crippen LogP contribution in [0.1, 0.15) is 17.3 Å². The molecule has 6 heteroatoms. The number of hydrogen-bond acceptors (Lipinski definition) is 5. The molecule has 1 aromatic heterocycles. The number of para-hydroxylation sites is 2. The van der Waals surface area contributed by atoms with E-state index in [1.807, 2.05) is 30.0 Å². The second kappa shape index (κ2) is 6.95.